The summed E-state index contributed by atoms with van der Waals surface area (Å²) in [6, 6.07) is 15.1. The van der Waals surface area contributed by atoms with Gasteiger partial charge < -0.3 is 25.0 Å². The summed E-state index contributed by atoms with van der Waals surface area (Å²) in [5, 5.41) is 23.5. The first-order valence-corrected chi connectivity index (χ1v) is 16.7. The van der Waals surface area contributed by atoms with E-state index in [1.807, 2.05) is 24.3 Å². The molecule has 1 spiro atoms. The summed E-state index contributed by atoms with van der Waals surface area (Å²) in [5.41, 5.74) is 0.338. The van der Waals surface area contributed by atoms with E-state index in [0.717, 1.165) is 10.9 Å². The zero-order valence-electron chi connectivity index (χ0n) is 22.6. The van der Waals surface area contributed by atoms with Crippen LogP contribution in [0.15, 0.2) is 70.6 Å². The molecule has 3 N–H and O–H groups in total. The molecule has 3 heterocycles. The lowest BCUT2D eigenvalue weighted by Crippen LogP contribution is -2.47. The minimum atomic E-state index is -3.67. The van der Waals surface area contributed by atoms with Gasteiger partial charge in [0.15, 0.2) is 9.84 Å². The molecule has 5 rings (SSSR count). The predicted octanol–water partition coefficient (Wildman–Crippen LogP) is 1.34. The van der Waals surface area contributed by atoms with E-state index in [-0.39, 0.29) is 34.7 Å². The molecular weight excluding hydrogens is 570 g/mol. The Hall–Kier alpha value is -2.65. The molecule has 2 aromatic carbocycles. The molecule has 1 aromatic heterocycles. The molecule has 0 amide bonds. The van der Waals surface area contributed by atoms with Crippen LogP contribution in [-0.2, 0) is 24.6 Å². The van der Waals surface area contributed by atoms with E-state index < -0.39 is 38.2 Å². The smallest absolute Gasteiger partial charge is 0.244 e. The predicted molar refractivity (Wildman–Crippen MR) is 152 cm³/mol. The fraction of sp³-hybridized carbons (Fsp3) is 0.464. The summed E-state index contributed by atoms with van der Waals surface area (Å²) in [6.45, 7) is 0.911. The number of rotatable bonds is 11. The van der Waals surface area contributed by atoms with Crippen molar-refractivity contribution in [3.8, 4) is 5.75 Å². The molecule has 41 heavy (non-hydrogen) atoms. The lowest BCUT2D eigenvalue weighted by atomic mass is 9.88. The number of nitrogens with one attached hydrogen (secondary N) is 1. The summed E-state index contributed by atoms with van der Waals surface area (Å²) in [5.74, 6) is -0.0589. The number of ether oxygens (including phenoxy) is 2. The average Bonchev–Trinajstić information content (AvgIpc) is 3.37. The van der Waals surface area contributed by atoms with Crippen LogP contribution in [0, 0.1) is 0 Å². The summed E-state index contributed by atoms with van der Waals surface area (Å²) in [4.78, 5) is 4.55. The molecule has 2 aliphatic rings. The highest BCUT2D eigenvalue weighted by atomic mass is 32.2. The Bertz CT molecular complexity index is 1570. The van der Waals surface area contributed by atoms with Crippen LogP contribution in [-0.4, -0.2) is 99.3 Å². The molecule has 2 saturated heterocycles. The molecule has 0 saturated carbocycles. The highest BCUT2D eigenvalue weighted by Crippen LogP contribution is 2.37. The number of sulfonamides is 1. The van der Waals surface area contributed by atoms with Gasteiger partial charge in [-0.3, -0.25) is 4.98 Å². The van der Waals surface area contributed by atoms with Crippen LogP contribution in [0.2, 0.25) is 0 Å². The van der Waals surface area contributed by atoms with Gasteiger partial charge in [0.1, 0.15) is 23.4 Å². The molecule has 0 radical (unpaired) electrons. The monoisotopic (exact) mass is 605 g/mol. The van der Waals surface area contributed by atoms with Crippen LogP contribution in [0.4, 0.5) is 0 Å². The SMILES string of the molecule is O=S(=O)(CCO)c1cccc(OC[C@@H](O)CN[C@H]2COC3(CCN(S(=O)(=O)c4cnc5ccccc5c4)CC3)C2)c1. The first-order valence-electron chi connectivity index (χ1n) is 13.6. The normalized spacial score (nSPS) is 20.4. The van der Waals surface area contributed by atoms with Crippen LogP contribution in [0.1, 0.15) is 19.3 Å². The van der Waals surface area contributed by atoms with Crippen LogP contribution >= 0.6 is 0 Å². The van der Waals surface area contributed by atoms with Crippen molar-refractivity contribution in [2.45, 2.75) is 46.8 Å². The van der Waals surface area contributed by atoms with Crippen molar-refractivity contribution in [2.75, 3.05) is 45.2 Å². The molecule has 2 atom stereocenters. The second-order valence-electron chi connectivity index (χ2n) is 10.6. The maximum atomic E-state index is 13.3. The van der Waals surface area contributed by atoms with Crippen molar-refractivity contribution < 1.29 is 36.5 Å². The highest BCUT2D eigenvalue weighted by Gasteiger charge is 2.44. The Morgan fingerprint density at radius 3 is 2.63 bits per heavy atom. The van der Waals surface area contributed by atoms with Gasteiger partial charge >= 0.3 is 0 Å². The van der Waals surface area contributed by atoms with Crippen molar-refractivity contribution >= 4 is 30.8 Å². The van der Waals surface area contributed by atoms with Crippen molar-refractivity contribution in [1.29, 1.82) is 0 Å². The van der Waals surface area contributed by atoms with Gasteiger partial charge in [-0.2, -0.15) is 4.31 Å². The Kier molecular flexibility index (Phi) is 8.95. The Balaban J connectivity index is 1.09. The fourth-order valence-corrected chi connectivity index (χ4v) is 7.83. The largest absolute Gasteiger partial charge is 0.491 e. The second kappa shape index (κ2) is 12.3. The highest BCUT2D eigenvalue weighted by molar-refractivity contribution is 7.91. The van der Waals surface area contributed by atoms with E-state index in [2.05, 4.69) is 10.3 Å². The van der Waals surface area contributed by atoms with Gasteiger partial charge in [0, 0.05) is 37.3 Å². The average molecular weight is 606 g/mol. The maximum Gasteiger partial charge on any atom is 0.244 e. The second-order valence-corrected chi connectivity index (χ2v) is 14.6. The number of fused-ring (bicyclic) bond motifs is 1. The van der Waals surface area contributed by atoms with E-state index in [1.54, 1.807) is 18.2 Å². The van der Waals surface area contributed by atoms with Crippen LogP contribution in [0.3, 0.4) is 0 Å². The van der Waals surface area contributed by atoms with Crippen molar-refractivity contribution in [1.82, 2.24) is 14.6 Å². The number of nitrogens with zero attached hydrogens (tertiary/aromatic N) is 2. The Labute approximate surface area is 240 Å². The van der Waals surface area contributed by atoms with Crippen LogP contribution in [0.5, 0.6) is 5.75 Å². The number of hydrogen-bond acceptors (Lipinski definition) is 10. The van der Waals surface area contributed by atoms with E-state index in [1.165, 1.54) is 22.6 Å². The zero-order chi connectivity index (χ0) is 29.1. The molecule has 0 bridgehead atoms. The first kappa shape index (κ1) is 29.8. The van der Waals surface area contributed by atoms with Crippen LogP contribution < -0.4 is 10.1 Å². The van der Waals surface area contributed by atoms with E-state index in [4.69, 9.17) is 14.6 Å². The van der Waals surface area contributed by atoms with Gasteiger partial charge in [-0.25, -0.2) is 16.8 Å². The summed E-state index contributed by atoms with van der Waals surface area (Å²) in [6.07, 6.45) is 2.43. The van der Waals surface area contributed by atoms with Gasteiger partial charge in [-0.05, 0) is 49.6 Å². The van der Waals surface area contributed by atoms with E-state index in [9.17, 15) is 21.9 Å². The number of aliphatic hydroxyl groups is 2. The minimum Gasteiger partial charge on any atom is -0.491 e. The quantitative estimate of drug-likeness (QED) is 0.292. The lowest BCUT2D eigenvalue weighted by molar-refractivity contribution is -0.0312. The number of benzene rings is 2. The molecule has 3 aromatic rings. The zero-order valence-corrected chi connectivity index (χ0v) is 24.2. The summed E-state index contributed by atoms with van der Waals surface area (Å²) < 4.78 is 64.1. The van der Waals surface area contributed by atoms with E-state index >= 15 is 0 Å². The van der Waals surface area contributed by atoms with Crippen molar-refractivity contribution in [2.24, 2.45) is 0 Å². The fourth-order valence-electron chi connectivity index (χ4n) is 5.35. The molecule has 0 aliphatic carbocycles. The van der Waals surface area contributed by atoms with Crippen molar-refractivity contribution in [3.63, 3.8) is 0 Å². The van der Waals surface area contributed by atoms with Gasteiger partial charge in [-0.1, -0.05) is 24.3 Å². The molecule has 0 unspecified atom stereocenters. The van der Waals surface area contributed by atoms with Crippen molar-refractivity contribution in [3.05, 3.63) is 60.8 Å². The molecule has 13 heteroatoms. The number of hydrogen-bond donors (Lipinski definition) is 3. The summed E-state index contributed by atoms with van der Waals surface area (Å²) in [7, 11) is -7.27. The molecule has 222 valence electrons. The topological polar surface area (TPSA) is 155 Å². The number of aromatic nitrogens is 1. The number of piperidine rings is 1. The van der Waals surface area contributed by atoms with Gasteiger partial charge in [0.2, 0.25) is 10.0 Å². The number of sulfone groups is 1. The first-order chi connectivity index (χ1) is 19.6. The molecule has 2 aliphatic heterocycles. The number of aliphatic hydroxyl groups excluding tert-OH is 2. The van der Waals surface area contributed by atoms with Gasteiger partial charge in [0.05, 0.1) is 35.0 Å². The maximum absolute atomic E-state index is 13.3. The standard InChI is InChI=1S/C28H35N3O8S2/c32-12-13-40(34,35)25-6-3-5-24(15-25)38-20-23(33)17-29-22-16-28(39-19-22)8-10-31(11-9-28)41(36,37)26-14-21-4-1-2-7-27(21)30-18-26/h1-7,14-15,18,22-23,29,32-33H,8-13,16-17,19-20H2/t22-,23+/m1/s1. The molecule has 11 nitrogen and oxygen atoms in total. The van der Waals surface area contributed by atoms with Crippen LogP contribution in [0.25, 0.3) is 10.9 Å². The molecule has 2 fully saturated rings. The summed E-state index contributed by atoms with van der Waals surface area (Å²) >= 11 is 0. The van der Waals surface area contributed by atoms with Gasteiger partial charge in [0.25, 0.3) is 0 Å². The molecular formula is C28H35N3O8S2. The third kappa shape index (κ3) is 6.88. The van der Waals surface area contributed by atoms with Gasteiger partial charge in [-0.15, -0.1) is 0 Å². The Morgan fingerprint density at radius 1 is 1.07 bits per heavy atom. The van der Waals surface area contributed by atoms with E-state index in [0.29, 0.717) is 44.7 Å². The third-order valence-corrected chi connectivity index (χ3v) is 11.2. The number of para-hydroxylation sites is 1. The minimum absolute atomic E-state index is 0.00412. The Morgan fingerprint density at radius 2 is 1.85 bits per heavy atom. The third-order valence-electron chi connectivity index (χ3n) is 7.66. The number of pyridine rings is 1. The lowest BCUT2D eigenvalue weighted by Gasteiger charge is -2.38.